The lowest BCUT2D eigenvalue weighted by atomic mass is 10.3. The second-order valence-corrected chi connectivity index (χ2v) is 2.01. The molecule has 0 aromatic rings. The van der Waals surface area contributed by atoms with Gasteiger partial charge >= 0.3 is 5.97 Å². The third kappa shape index (κ3) is 5.84. The van der Waals surface area contributed by atoms with Gasteiger partial charge in [0, 0.05) is 6.08 Å². The number of carbonyl (C=O) groups is 1. The van der Waals surface area contributed by atoms with E-state index in [2.05, 4.69) is 0 Å². The summed E-state index contributed by atoms with van der Waals surface area (Å²) in [7, 11) is 0. The van der Waals surface area contributed by atoms with E-state index in [9.17, 15) is 4.79 Å². The minimum Gasteiger partial charge on any atom is -0.478 e. The van der Waals surface area contributed by atoms with Crippen LogP contribution in [0.3, 0.4) is 0 Å². The van der Waals surface area contributed by atoms with E-state index in [1.165, 1.54) is 6.08 Å². The summed E-state index contributed by atoms with van der Waals surface area (Å²) in [6, 6.07) is 0. The van der Waals surface area contributed by atoms with Gasteiger partial charge in [-0.05, 0) is 6.08 Å². The standard InChI is InChI=1S/C7H12O5/c8-3-4-12-6(5-9)1-2-7(10)11/h1-2,6,8-9H,3-5H2,(H,10,11). The zero-order valence-electron chi connectivity index (χ0n) is 6.51. The molecule has 0 heterocycles. The third-order valence-electron chi connectivity index (χ3n) is 1.06. The summed E-state index contributed by atoms with van der Waals surface area (Å²) < 4.78 is 4.84. The Morgan fingerprint density at radius 2 is 2.17 bits per heavy atom. The van der Waals surface area contributed by atoms with E-state index < -0.39 is 12.1 Å². The fraction of sp³-hybridized carbons (Fsp3) is 0.571. The molecule has 0 bridgehead atoms. The molecule has 0 aromatic carbocycles. The van der Waals surface area contributed by atoms with Crippen molar-refractivity contribution in [3.05, 3.63) is 12.2 Å². The van der Waals surface area contributed by atoms with E-state index in [4.69, 9.17) is 20.1 Å². The van der Waals surface area contributed by atoms with Crippen molar-refractivity contribution in [2.75, 3.05) is 19.8 Å². The van der Waals surface area contributed by atoms with Gasteiger partial charge in [-0.3, -0.25) is 0 Å². The van der Waals surface area contributed by atoms with Crippen molar-refractivity contribution >= 4 is 5.97 Å². The van der Waals surface area contributed by atoms with Gasteiger partial charge in [0.05, 0.1) is 25.9 Å². The van der Waals surface area contributed by atoms with E-state index >= 15 is 0 Å². The molecule has 0 aliphatic heterocycles. The number of carboxylic acid groups (broad SMARTS) is 1. The molecule has 0 amide bonds. The van der Waals surface area contributed by atoms with Gasteiger partial charge in [0.1, 0.15) is 0 Å². The van der Waals surface area contributed by atoms with Gasteiger partial charge in [0.25, 0.3) is 0 Å². The smallest absolute Gasteiger partial charge is 0.328 e. The molecule has 3 N–H and O–H groups in total. The molecule has 0 aliphatic carbocycles. The fourth-order valence-electron chi connectivity index (χ4n) is 0.563. The molecule has 1 atom stereocenters. The molecular formula is C7H12O5. The van der Waals surface area contributed by atoms with Crippen molar-refractivity contribution in [2.24, 2.45) is 0 Å². The number of ether oxygens (including phenoxy) is 1. The number of hydrogen-bond acceptors (Lipinski definition) is 4. The van der Waals surface area contributed by atoms with E-state index in [-0.39, 0.29) is 19.8 Å². The Bertz CT molecular complexity index is 154. The lowest BCUT2D eigenvalue weighted by molar-refractivity contribution is -0.131. The Hall–Kier alpha value is -0.910. The summed E-state index contributed by atoms with van der Waals surface area (Å²) in [5.74, 6) is -1.10. The van der Waals surface area contributed by atoms with E-state index in [1.807, 2.05) is 0 Å². The first-order valence-electron chi connectivity index (χ1n) is 3.45. The first-order chi connectivity index (χ1) is 5.70. The maximum Gasteiger partial charge on any atom is 0.328 e. The molecule has 0 rings (SSSR count). The van der Waals surface area contributed by atoms with E-state index in [0.717, 1.165) is 6.08 Å². The van der Waals surface area contributed by atoms with Crippen LogP contribution in [0.2, 0.25) is 0 Å². The monoisotopic (exact) mass is 176 g/mol. The van der Waals surface area contributed by atoms with Gasteiger partial charge in [-0.2, -0.15) is 0 Å². The molecule has 5 nitrogen and oxygen atoms in total. The Morgan fingerprint density at radius 3 is 2.58 bits per heavy atom. The number of hydrogen-bond donors (Lipinski definition) is 3. The zero-order chi connectivity index (χ0) is 9.40. The molecule has 0 fully saturated rings. The first-order valence-corrected chi connectivity index (χ1v) is 3.45. The largest absolute Gasteiger partial charge is 0.478 e. The van der Waals surface area contributed by atoms with Crippen LogP contribution in [0.5, 0.6) is 0 Å². The van der Waals surface area contributed by atoms with Crippen LogP contribution in [0, 0.1) is 0 Å². The Morgan fingerprint density at radius 1 is 1.50 bits per heavy atom. The number of aliphatic hydroxyl groups excluding tert-OH is 2. The van der Waals surface area contributed by atoms with Gasteiger partial charge in [-0.15, -0.1) is 0 Å². The zero-order valence-corrected chi connectivity index (χ0v) is 6.51. The van der Waals surface area contributed by atoms with E-state index in [0.29, 0.717) is 0 Å². The average molecular weight is 176 g/mol. The highest BCUT2D eigenvalue weighted by Crippen LogP contribution is 1.92. The first kappa shape index (κ1) is 11.1. The van der Waals surface area contributed by atoms with Crippen LogP contribution in [0.4, 0.5) is 0 Å². The number of aliphatic carboxylic acids is 1. The second-order valence-electron chi connectivity index (χ2n) is 2.01. The van der Waals surface area contributed by atoms with Gasteiger partial charge in [-0.25, -0.2) is 4.79 Å². The van der Waals surface area contributed by atoms with Gasteiger partial charge in [-0.1, -0.05) is 0 Å². The highest BCUT2D eigenvalue weighted by molar-refractivity contribution is 5.79. The Labute approximate surface area is 69.9 Å². The molecule has 0 saturated carbocycles. The summed E-state index contributed by atoms with van der Waals surface area (Å²) in [4.78, 5) is 10.0. The summed E-state index contributed by atoms with van der Waals surface area (Å²) >= 11 is 0. The molecule has 0 saturated heterocycles. The maximum absolute atomic E-state index is 10.0. The molecule has 5 heteroatoms. The molecule has 70 valence electrons. The molecular weight excluding hydrogens is 164 g/mol. The van der Waals surface area contributed by atoms with Crippen molar-refractivity contribution < 1.29 is 24.9 Å². The van der Waals surface area contributed by atoms with Crippen molar-refractivity contribution in [3.8, 4) is 0 Å². The number of aliphatic hydroxyl groups is 2. The molecule has 0 radical (unpaired) electrons. The lowest BCUT2D eigenvalue weighted by Gasteiger charge is -2.08. The van der Waals surface area contributed by atoms with Gasteiger partial charge < -0.3 is 20.1 Å². The fourth-order valence-corrected chi connectivity index (χ4v) is 0.563. The SMILES string of the molecule is O=C(O)C=CC(CO)OCCO. The molecule has 12 heavy (non-hydrogen) atoms. The predicted molar refractivity (Wildman–Crippen MR) is 40.7 cm³/mol. The maximum atomic E-state index is 10.0. The van der Waals surface area contributed by atoms with Crippen molar-refractivity contribution in [2.45, 2.75) is 6.10 Å². The predicted octanol–water partition coefficient (Wildman–Crippen LogP) is -1.00. The molecule has 0 spiro atoms. The highest BCUT2D eigenvalue weighted by atomic mass is 16.5. The number of rotatable bonds is 6. The lowest BCUT2D eigenvalue weighted by Crippen LogP contribution is -2.17. The quantitative estimate of drug-likeness (QED) is 0.452. The third-order valence-corrected chi connectivity index (χ3v) is 1.06. The van der Waals surface area contributed by atoms with Gasteiger partial charge in [0.2, 0.25) is 0 Å². The van der Waals surface area contributed by atoms with Crippen molar-refractivity contribution in [1.29, 1.82) is 0 Å². The minimum atomic E-state index is -1.10. The van der Waals surface area contributed by atoms with Crippen molar-refractivity contribution in [3.63, 3.8) is 0 Å². The van der Waals surface area contributed by atoms with Crippen LogP contribution in [-0.4, -0.2) is 47.2 Å². The van der Waals surface area contributed by atoms with Crippen LogP contribution in [-0.2, 0) is 9.53 Å². The van der Waals surface area contributed by atoms with E-state index in [1.54, 1.807) is 0 Å². The number of carboxylic acids is 1. The average Bonchev–Trinajstić information content (AvgIpc) is 2.05. The normalized spacial score (nSPS) is 13.5. The van der Waals surface area contributed by atoms with Gasteiger partial charge in [0.15, 0.2) is 0 Å². The topological polar surface area (TPSA) is 87.0 Å². The highest BCUT2D eigenvalue weighted by Gasteiger charge is 2.02. The van der Waals surface area contributed by atoms with Crippen LogP contribution in [0.15, 0.2) is 12.2 Å². The van der Waals surface area contributed by atoms with Crippen molar-refractivity contribution in [1.82, 2.24) is 0 Å². The summed E-state index contributed by atoms with van der Waals surface area (Å²) in [5, 5.41) is 25.2. The molecule has 1 unspecified atom stereocenters. The second kappa shape index (κ2) is 6.78. The molecule has 0 aromatic heterocycles. The summed E-state index contributed by atoms with van der Waals surface area (Å²) in [6.07, 6.45) is 1.45. The summed E-state index contributed by atoms with van der Waals surface area (Å²) in [5.41, 5.74) is 0. The van der Waals surface area contributed by atoms with Crippen LogP contribution in [0.25, 0.3) is 0 Å². The summed E-state index contributed by atoms with van der Waals surface area (Å²) in [6.45, 7) is -0.379. The Kier molecular flexibility index (Phi) is 6.26. The molecule has 0 aliphatic rings. The van der Waals surface area contributed by atoms with Crippen LogP contribution in [0.1, 0.15) is 0 Å². The van der Waals surface area contributed by atoms with Crippen LogP contribution >= 0.6 is 0 Å². The minimum absolute atomic E-state index is 0.0786. The Balaban J connectivity index is 3.73. The van der Waals surface area contributed by atoms with Crippen LogP contribution < -0.4 is 0 Å².